The van der Waals surface area contributed by atoms with Crippen LogP contribution in [0.15, 0.2) is 24.3 Å². The van der Waals surface area contributed by atoms with E-state index < -0.39 is 0 Å². The van der Waals surface area contributed by atoms with Gasteiger partial charge in [0, 0.05) is 6.54 Å². The number of hydrazine groups is 1. The number of carbonyl (C=O) groups is 1. The zero-order chi connectivity index (χ0) is 15.1. The van der Waals surface area contributed by atoms with Crippen molar-refractivity contribution in [3.8, 4) is 0 Å². The monoisotopic (exact) mass is 323 g/mol. The Hall–Kier alpha value is -1.93. The van der Waals surface area contributed by atoms with Crippen LogP contribution in [0, 0.1) is 0 Å². The number of para-hydroxylation sites is 1. The summed E-state index contributed by atoms with van der Waals surface area (Å²) in [6.07, 6.45) is 0.967. The quantitative estimate of drug-likeness (QED) is 0.495. The zero-order valence-electron chi connectivity index (χ0n) is 11.6. The van der Waals surface area contributed by atoms with Crippen molar-refractivity contribution in [1.29, 1.82) is 0 Å². The third-order valence-electron chi connectivity index (χ3n) is 2.55. The average molecular weight is 323 g/mol. The minimum absolute atomic E-state index is 0.128. The number of fused-ring (bicyclic) bond motifs is 1. The lowest BCUT2D eigenvalue weighted by Gasteiger charge is -2.10. The molecular weight excluding hydrogens is 306 g/mol. The third kappa shape index (κ3) is 4.83. The van der Waals surface area contributed by atoms with Crippen LogP contribution >= 0.6 is 23.6 Å². The van der Waals surface area contributed by atoms with Crippen molar-refractivity contribution < 1.29 is 4.79 Å². The molecular formula is C13H17N5OS2. The van der Waals surface area contributed by atoms with Gasteiger partial charge in [0.05, 0.1) is 16.8 Å². The largest absolute Gasteiger partial charge is 0.361 e. The van der Waals surface area contributed by atoms with Crippen LogP contribution in [0.2, 0.25) is 0 Å². The predicted molar refractivity (Wildman–Crippen MR) is 90.3 cm³/mol. The molecule has 21 heavy (non-hydrogen) atoms. The van der Waals surface area contributed by atoms with Crippen LogP contribution in [0.5, 0.6) is 0 Å². The predicted octanol–water partition coefficient (Wildman–Crippen LogP) is 1.61. The molecule has 0 spiro atoms. The molecule has 0 radical (unpaired) electrons. The highest BCUT2D eigenvalue weighted by molar-refractivity contribution is 7.80. The number of rotatable bonds is 5. The van der Waals surface area contributed by atoms with Crippen molar-refractivity contribution in [1.82, 2.24) is 21.2 Å². The molecule has 0 fully saturated rings. The molecule has 0 aliphatic carbocycles. The van der Waals surface area contributed by atoms with Gasteiger partial charge in [0.25, 0.3) is 5.91 Å². The van der Waals surface area contributed by atoms with Gasteiger partial charge in [-0.15, -0.1) is 0 Å². The standard InChI is InChI=1S/C13H17N5OS2/c1-2-7-14-12(20)18-17-11(19)8-15-13-16-9-5-3-4-6-10(9)21-13/h3-6H,2,7-8H2,1H3,(H,15,16)(H,17,19)(H2,14,18,20). The minimum Gasteiger partial charge on any atom is -0.361 e. The van der Waals surface area contributed by atoms with E-state index in [1.165, 1.54) is 11.3 Å². The smallest absolute Gasteiger partial charge is 0.257 e. The molecule has 1 heterocycles. The summed E-state index contributed by atoms with van der Waals surface area (Å²) < 4.78 is 1.09. The van der Waals surface area contributed by atoms with Gasteiger partial charge < -0.3 is 10.6 Å². The lowest BCUT2D eigenvalue weighted by atomic mass is 10.3. The van der Waals surface area contributed by atoms with Crippen molar-refractivity contribution in [2.75, 3.05) is 18.4 Å². The molecule has 1 aromatic heterocycles. The molecule has 0 atom stereocenters. The first-order chi connectivity index (χ1) is 10.2. The van der Waals surface area contributed by atoms with Gasteiger partial charge in [-0.2, -0.15) is 0 Å². The maximum atomic E-state index is 11.7. The first-order valence-corrected chi connectivity index (χ1v) is 7.83. The van der Waals surface area contributed by atoms with Gasteiger partial charge in [0.15, 0.2) is 10.2 Å². The number of hydrogen-bond acceptors (Lipinski definition) is 5. The maximum Gasteiger partial charge on any atom is 0.257 e. The Balaban J connectivity index is 1.74. The summed E-state index contributed by atoms with van der Waals surface area (Å²) in [7, 11) is 0. The maximum absolute atomic E-state index is 11.7. The SMILES string of the molecule is CCCNC(=S)NNC(=O)CNc1nc2ccccc2s1. The van der Waals surface area contributed by atoms with E-state index >= 15 is 0 Å². The fraction of sp³-hybridized carbons (Fsp3) is 0.308. The van der Waals surface area contributed by atoms with Gasteiger partial charge in [0.2, 0.25) is 0 Å². The highest BCUT2D eigenvalue weighted by atomic mass is 32.1. The second kappa shape index (κ2) is 7.75. The van der Waals surface area contributed by atoms with Gasteiger partial charge >= 0.3 is 0 Å². The number of thiocarbonyl (C=S) groups is 1. The van der Waals surface area contributed by atoms with Gasteiger partial charge in [-0.3, -0.25) is 15.6 Å². The molecule has 0 aliphatic heterocycles. The number of hydrogen-bond donors (Lipinski definition) is 4. The molecule has 0 aliphatic rings. The number of nitrogens with one attached hydrogen (secondary N) is 4. The first kappa shape index (κ1) is 15.5. The van der Waals surface area contributed by atoms with E-state index in [0.717, 1.165) is 28.3 Å². The fourth-order valence-electron chi connectivity index (χ4n) is 1.56. The van der Waals surface area contributed by atoms with Crippen LogP contribution in [-0.2, 0) is 4.79 Å². The van der Waals surface area contributed by atoms with Crippen LogP contribution in [0.25, 0.3) is 10.2 Å². The van der Waals surface area contributed by atoms with Gasteiger partial charge in [-0.1, -0.05) is 30.4 Å². The number of nitrogens with zero attached hydrogens (tertiary/aromatic N) is 1. The molecule has 6 nitrogen and oxygen atoms in total. The summed E-state index contributed by atoms with van der Waals surface area (Å²) in [6.45, 7) is 2.94. The molecule has 2 aromatic rings. The summed E-state index contributed by atoms with van der Waals surface area (Å²) in [4.78, 5) is 16.1. The summed E-state index contributed by atoms with van der Waals surface area (Å²) >= 11 is 6.51. The van der Waals surface area contributed by atoms with Gasteiger partial charge in [0.1, 0.15) is 0 Å². The second-order valence-corrected chi connectivity index (χ2v) is 5.71. The second-order valence-electron chi connectivity index (χ2n) is 4.27. The Bertz CT molecular complexity index is 595. The first-order valence-electron chi connectivity index (χ1n) is 6.61. The number of carbonyl (C=O) groups excluding carboxylic acids is 1. The van der Waals surface area contributed by atoms with Crippen LogP contribution in [0.3, 0.4) is 0 Å². The molecule has 112 valence electrons. The van der Waals surface area contributed by atoms with Gasteiger partial charge in [-0.25, -0.2) is 4.98 Å². The Labute approximate surface area is 132 Å². The molecule has 0 saturated heterocycles. The Morgan fingerprint density at radius 3 is 2.90 bits per heavy atom. The fourth-order valence-corrected chi connectivity index (χ4v) is 2.57. The highest BCUT2D eigenvalue weighted by Gasteiger charge is 2.05. The van der Waals surface area contributed by atoms with Gasteiger partial charge in [-0.05, 0) is 30.8 Å². The number of amides is 1. The summed E-state index contributed by atoms with van der Waals surface area (Å²) in [5, 5.41) is 7.07. The van der Waals surface area contributed by atoms with E-state index in [-0.39, 0.29) is 12.5 Å². The van der Waals surface area contributed by atoms with Crippen LogP contribution in [0.4, 0.5) is 5.13 Å². The highest BCUT2D eigenvalue weighted by Crippen LogP contribution is 2.24. The summed E-state index contributed by atoms with van der Waals surface area (Å²) in [6, 6.07) is 7.84. The summed E-state index contributed by atoms with van der Waals surface area (Å²) in [5.41, 5.74) is 6.09. The topological polar surface area (TPSA) is 78.1 Å². The van der Waals surface area contributed by atoms with Crippen molar-refractivity contribution in [3.05, 3.63) is 24.3 Å². The van der Waals surface area contributed by atoms with Crippen LogP contribution in [-0.4, -0.2) is 29.1 Å². The Kier molecular flexibility index (Phi) is 5.70. The van der Waals surface area contributed by atoms with E-state index in [9.17, 15) is 4.79 Å². The molecule has 0 bridgehead atoms. The zero-order valence-corrected chi connectivity index (χ0v) is 13.2. The number of thiazole rings is 1. The van der Waals surface area contributed by atoms with Crippen molar-refractivity contribution in [2.24, 2.45) is 0 Å². The number of anilines is 1. The third-order valence-corrected chi connectivity index (χ3v) is 3.79. The molecule has 2 rings (SSSR count). The molecule has 1 aromatic carbocycles. The molecule has 1 amide bonds. The minimum atomic E-state index is -0.213. The van der Waals surface area contributed by atoms with E-state index in [1.807, 2.05) is 31.2 Å². The number of benzene rings is 1. The number of aromatic nitrogens is 1. The average Bonchev–Trinajstić information content (AvgIpc) is 2.91. The molecule has 0 saturated carbocycles. The van der Waals surface area contributed by atoms with Crippen LogP contribution in [0.1, 0.15) is 13.3 Å². The van der Waals surface area contributed by atoms with Crippen molar-refractivity contribution in [3.63, 3.8) is 0 Å². The lowest BCUT2D eigenvalue weighted by molar-refractivity contribution is -0.119. The van der Waals surface area contributed by atoms with E-state index in [4.69, 9.17) is 12.2 Å². The lowest BCUT2D eigenvalue weighted by Crippen LogP contribution is -2.48. The Morgan fingerprint density at radius 2 is 2.14 bits per heavy atom. The van der Waals surface area contributed by atoms with Crippen molar-refractivity contribution in [2.45, 2.75) is 13.3 Å². The Morgan fingerprint density at radius 1 is 1.33 bits per heavy atom. The van der Waals surface area contributed by atoms with E-state index in [2.05, 4.69) is 26.5 Å². The summed E-state index contributed by atoms with van der Waals surface area (Å²) in [5.74, 6) is -0.213. The molecule has 8 heteroatoms. The normalized spacial score (nSPS) is 10.1. The van der Waals surface area contributed by atoms with Crippen molar-refractivity contribution >= 4 is 49.9 Å². The van der Waals surface area contributed by atoms with Crippen LogP contribution < -0.4 is 21.5 Å². The van der Waals surface area contributed by atoms with E-state index in [1.54, 1.807) is 0 Å². The molecule has 0 unspecified atom stereocenters. The molecule has 4 N–H and O–H groups in total. The van der Waals surface area contributed by atoms with E-state index in [0.29, 0.717) is 5.11 Å².